The number of rotatable bonds is 7. The number of hydrogen-bond donors (Lipinski definition) is 1. The molecule has 0 saturated carbocycles. The number of aromatic hydroxyl groups is 1. The van der Waals surface area contributed by atoms with E-state index in [1.165, 1.54) is 6.42 Å². The number of carbonyl (C=O) groups excluding carboxylic acids is 2. The number of phenols is 1. The molecule has 3 aliphatic rings. The lowest BCUT2D eigenvalue weighted by Gasteiger charge is -2.34. The number of aryl methyl sites for hydroxylation is 1. The van der Waals surface area contributed by atoms with Gasteiger partial charge >= 0.3 is 0 Å². The van der Waals surface area contributed by atoms with Gasteiger partial charge in [-0.1, -0.05) is 24.3 Å². The number of amides is 2. The Labute approximate surface area is 239 Å². The maximum absolute atomic E-state index is 13.3. The molecule has 0 bridgehead atoms. The predicted octanol–water partition coefficient (Wildman–Crippen LogP) is 6.02. The van der Waals surface area contributed by atoms with Crippen molar-refractivity contribution in [3.05, 3.63) is 59.2 Å². The van der Waals surface area contributed by atoms with E-state index in [9.17, 15) is 14.7 Å². The van der Waals surface area contributed by atoms with E-state index in [1.54, 1.807) is 18.1 Å². The van der Waals surface area contributed by atoms with Gasteiger partial charge in [0.15, 0.2) is 11.5 Å². The summed E-state index contributed by atoms with van der Waals surface area (Å²) in [4.78, 5) is 30.4. The highest BCUT2D eigenvalue weighted by Crippen LogP contribution is 2.45. The van der Waals surface area contributed by atoms with E-state index < -0.39 is 0 Å². The van der Waals surface area contributed by atoms with Gasteiger partial charge in [0.1, 0.15) is 5.75 Å². The van der Waals surface area contributed by atoms with Gasteiger partial charge in [-0.2, -0.15) is 0 Å². The second-order valence-electron chi connectivity index (χ2n) is 11.0. The zero-order chi connectivity index (χ0) is 27.8. The van der Waals surface area contributed by atoms with Crippen LogP contribution in [-0.4, -0.2) is 60.5 Å². The highest BCUT2D eigenvalue weighted by molar-refractivity contribution is 6.19. The van der Waals surface area contributed by atoms with Gasteiger partial charge in [0.05, 0.1) is 19.4 Å². The molecule has 0 unspecified atom stereocenters. The number of carbonyl (C=O) groups is 2. The van der Waals surface area contributed by atoms with Crippen molar-refractivity contribution in [3.63, 3.8) is 0 Å². The largest absolute Gasteiger partial charge is 0.507 e. The molecule has 2 atom stereocenters. The smallest absolute Gasteiger partial charge is 0.254 e. The molecule has 2 amide bonds. The van der Waals surface area contributed by atoms with Crippen molar-refractivity contribution >= 4 is 39.9 Å². The summed E-state index contributed by atoms with van der Waals surface area (Å²) in [6.45, 7) is 1.66. The average Bonchev–Trinajstić information content (AvgIpc) is 3.30. The number of alkyl halides is 1. The number of fused-ring (bicyclic) bond motifs is 5. The van der Waals surface area contributed by atoms with Gasteiger partial charge in [-0.25, -0.2) is 0 Å². The second-order valence-corrected chi connectivity index (χ2v) is 11.3. The van der Waals surface area contributed by atoms with Gasteiger partial charge in [-0.15, -0.1) is 11.6 Å². The molecule has 7 nitrogen and oxygen atoms in total. The van der Waals surface area contributed by atoms with Crippen LogP contribution in [0.3, 0.4) is 0 Å². The molecule has 3 aliphatic heterocycles. The van der Waals surface area contributed by atoms with Crippen molar-refractivity contribution in [2.45, 2.75) is 56.9 Å². The van der Waals surface area contributed by atoms with Gasteiger partial charge in [0.25, 0.3) is 5.91 Å². The summed E-state index contributed by atoms with van der Waals surface area (Å²) in [6, 6.07) is 13.5. The number of hydrogen-bond acceptors (Lipinski definition) is 5. The van der Waals surface area contributed by atoms with Crippen LogP contribution in [0.25, 0.3) is 10.8 Å². The Bertz CT molecular complexity index is 1460. The maximum atomic E-state index is 13.3. The van der Waals surface area contributed by atoms with E-state index >= 15 is 0 Å². The summed E-state index contributed by atoms with van der Waals surface area (Å²) >= 11 is 6.32. The number of nitrogens with zero attached hydrogens (tertiary/aromatic N) is 2. The molecule has 0 radical (unpaired) electrons. The Morgan fingerprint density at radius 3 is 2.73 bits per heavy atom. The average molecular weight is 563 g/mol. The van der Waals surface area contributed by atoms with Gasteiger partial charge in [-0.05, 0) is 67.2 Å². The third-order valence-electron chi connectivity index (χ3n) is 8.68. The number of benzene rings is 3. The molecule has 0 aliphatic carbocycles. The van der Waals surface area contributed by atoms with E-state index in [0.29, 0.717) is 55.0 Å². The molecular weight excluding hydrogens is 528 g/mol. The minimum Gasteiger partial charge on any atom is -0.507 e. The Balaban J connectivity index is 1.13. The number of ether oxygens (including phenoxy) is 2. The standard InChI is InChI=1S/C32H35ClN2O5/c1-39-28-16-25-20(11-12-22-7-4-5-13-34(22)32(25)38)15-29(28)40-14-6-10-30(37)35-19-21(18-33)31-24-9-3-2-8-23(24)27(36)17-26(31)35/h2-3,8-9,15-17,21-22,36H,4-7,10-14,18-19H2,1H3/t21-,22+/m1/s1. The Kier molecular flexibility index (Phi) is 7.49. The Hall–Kier alpha value is -3.45. The number of halogens is 1. The fourth-order valence-corrected chi connectivity index (χ4v) is 6.91. The van der Waals surface area contributed by atoms with Gasteiger partial charge in [-0.3, -0.25) is 9.59 Å². The Morgan fingerprint density at radius 2 is 1.93 bits per heavy atom. The highest BCUT2D eigenvalue weighted by atomic mass is 35.5. The normalized spacial score (nSPS) is 20.1. The van der Waals surface area contributed by atoms with Gasteiger partial charge in [0, 0.05) is 54.4 Å². The van der Waals surface area contributed by atoms with Gasteiger partial charge in [0.2, 0.25) is 5.91 Å². The van der Waals surface area contributed by atoms with E-state index in [1.807, 2.05) is 41.3 Å². The van der Waals surface area contributed by atoms with Crippen LogP contribution in [-0.2, 0) is 11.2 Å². The molecule has 1 saturated heterocycles. The van der Waals surface area contributed by atoms with Crippen LogP contribution in [0, 0.1) is 0 Å². The topological polar surface area (TPSA) is 79.3 Å². The minimum absolute atomic E-state index is 0.00840. The molecule has 8 heteroatoms. The summed E-state index contributed by atoms with van der Waals surface area (Å²) in [5, 5.41) is 12.3. The molecule has 0 aromatic heterocycles. The monoisotopic (exact) mass is 562 g/mol. The van der Waals surface area contributed by atoms with Crippen molar-refractivity contribution < 1.29 is 24.2 Å². The molecule has 1 fully saturated rings. The molecule has 3 heterocycles. The first-order valence-corrected chi connectivity index (χ1v) is 14.8. The lowest BCUT2D eigenvalue weighted by Crippen LogP contribution is -2.42. The quantitative estimate of drug-likeness (QED) is 0.281. The lowest BCUT2D eigenvalue weighted by molar-refractivity contribution is -0.118. The zero-order valence-electron chi connectivity index (χ0n) is 22.8. The molecule has 1 N–H and O–H groups in total. The molecule has 40 heavy (non-hydrogen) atoms. The maximum Gasteiger partial charge on any atom is 0.254 e. The van der Waals surface area contributed by atoms with Crippen molar-refractivity contribution in [1.29, 1.82) is 0 Å². The predicted molar refractivity (Wildman–Crippen MR) is 156 cm³/mol. The van der Waals surface area contributed by atoms with E-state index in [0.717, 1.165) is 59.8 Å². The van der Waals surface area contributed by atoms with E-state index in [-0.39, 0.29) is 23.5 Å². The SMILES string of the molecule is COc1cc2c(cc1OCCCC(=O)N1C[C@@H](CCl)c3c1cc(O)c1ccccc31)CC[C@@H]1CCCCN1C2=O. The highest BCUT2D eigenvalue weighted by Gasteiger charge is 2.35. The summed E-state index contributed by atoms with van der Waals surface area (Å²) in [6.07, 6.45) is 5.91. The Morgan fingerprint density at radius 1 is 1.10 bits per heavy atom. The van der Waals surface area contributed by atoms with E-state index in [2.05, 4.69) is 0 Å². The molecular formula is C32H35ClN2O5. The number of piperidine rings is 1. The first kappa shape index (κ1) is 26.8. The molecule has 6 rings (SSSR count). The van der Waals surface area contributed by atoms with Crippen LogP contribution in [0.1, 0.15) is 65.9 Å². The van der Waals surface area contributed by atoms with Crippen molar-refractivity contribution in [2.24, 2.45) is 0 Å². The first-order valence-electron chi connectivity index (χ1n) is 14.3. The number of anilines is 1. The van der Waals surface area contributed by atoms with Crippen LogP contribution in [0.15, 0.2) is 42.5 Å². The van der Waals surface area contributed by atoms with Crippen molar-refractivity contribution in [2.75, 3.05) is 37.6 Å². The van der Waals surface area contributed by atoms with E-state index in [4.69, 9.17) is 21.1 Å². The van der Waals surface area contributed by atoms with Gasteiger partial charge < -0.3 is 24.4 Å². The number of phenolic OH excluding ortho intramolecular Hbond substituents is 1. The first-order chi connectivity index (χ1) is 19.5. The van der Waals surface area contributed by atoms with Crippen LogP contribution in [0.4, 0.5) is 5.69 Å². The fraction of sp³-hybridized carbons (Fsp3) is 0.438. The zero-order valence-corrected chi connectivity index (χ0v) is 23.6. The third-order valence-corrected chi connectivity index (χ3v) is 9.05. The minimum atomic E-state index is -0.0247. The van der Waals surface area contributed by atoms with Crippen LogP contribution < -0.4 is 14.4 Å². The van der Waals surface area contributed by atoms with Crippen molar-refractivity contribution in [1.82, 2.24) is 4.90 Å². The summed E-state index contributed by atoms with van der Waals surface area (Å²) < 4.78 is 11.7. The van der Waals surface area contributed by atoms with Crippen molar-refractivity contribution in [3.8, 4) is 17.2 Å². The third kappa shape index (κ3) is 4.74. The summed E-state index contributed by atoms with van der Waals surface area (Å²) in [7, 11) is 1.58. The fourth-order valence-electron chi connectivity index (χ4n) is 6.65. The molecule has 210 valence electrons. The van der Waals surface area contributed by atoms with Crippen LogP contribution in [0.2, 0.25) is 0 Å². The summed E-state index contributed by atoms with van der Waals surface area (Å²) in [5.74, 6) is 1.77. The molecule has 0 spiro atoms. The lowest BCUT2D eigenvalue weighted by atomic mass is 9.95. The number of methoxy groups -OCH3 is 1. The molecule has 3 aromatic carbocycles. The van der Waals surface area contributed by atoms with Crippen LogP contribution in [0.5, 0.6) is 17.2 Å². The molecule has 3 aromatic rings. The summed E-state index contributed by atoms with van der Waals surface area (Å²) in [5.41, 5.74) is 3.47. The van der Waals surface area contributed by atoms with Crippen LogP contribution >= 0.6 is 11.6 Å². The second kappa shape index (κ2) is 11.2.